The summed E-state index contributed by atoms with van der Waals surface area (Å²) in [5.74, 6) is -0.407. The van der Waals surface area contributed by atoms with Crippen LogP contribution in [0.3, 0.4) is 0 Å². The van der Waals surface area contributed by atoms with E-state index in [1.54, 1.807) is 4.90 Å². The molecular formula is C24H31N3O2. The first-order chi connectivity index (χ1) is 13.5. The van der Waals surface area contributed by atoms with Gasteiger partial charge >= 0.3 is 0 Å². The van der Waals surface area contributed by atoms with E-state index in [0.717, 1.165) is 22.4 Å². The normalized spacial score (nSPS) is 19.5. The summed E-state index contributed by atoms with van der Waals surface area (Å²) in [6, 6.07) is 13.8. The number of rotatable bonds is 3. The maximum absolute atomic E-state index is 13.2. The first-order valence-electron chi connectivity index (χ1n) is 10.1. The zero-order chi connectivity index (χ0) is 21.3. The van der Waals surface area contributed by atoms with Crippen LogP contribution in [0.25, 0.3) is 0 Å². The lowest BCUT2D eigenvalue weighted by Crippen LogP contribution is -2.50. The number of fused-ring (bicyclic) bond motifs is 1. The molecule has 5 nitrogen and oxygen atoms in total. The van der Waals surface area contributed by atoms with Crippen molar-refractivity contribution in [1.29, 1.82) is 0 Å². The molecule has 2 aromatic carbocycles. The van der Waals surface area contributed by atoms with E-state index in [1.165, 1.54) is 5.56 Å². The molecule has 1 aliphatic rings. The molecule has 1 aliphatic heterocycles. The highest BCUT2D eigenvalue weighted by Gasteiger charge is 2.35. The van der Waals surface area contributed by atoms with Crippen LogP contribution >= 0.6 is 0 Å². The van der Waals surface area contributed by atoms with Gasteiger partial charge in [0.1, 0.15) is 6.54 Å². The molecule has 2 aromatic rings. The topological polar surface area (TPSA) is 75.4 Å². The summed E-state index contributed by atoms with van der Waals surface area (Å²) in [7, 11) is 0. The van der Waals surface area contributed by atoms with Crippen LogP contribution in [0.1, 0.15) is 55.4 Å². The SMILES string of the molecule is Cc1ccc(C2CC(N)C(=O)N(CC(=O)NC(C)(C)C)c3cc(C)ccc32)cc1. The maximum atomic E-state index is 13.2. The fourth-order valence-corrected chi connectivity index (χ4v) is 3.86. The Bertz CT molecular complexity index is 913. The lowest BCUT2D eigenvalue weighted by molar-refractivity contribution is -0.125. The molecule has 0 spiro atoms. The summed E-state index contributed by atoms with van der Waals surface area (Å²) in [5.41, 5.74) is 11.1. The summed E-state index contributed by atoms with van der Waals surface area (Å²) in [4.78, 5) is 27.4. The molecule has 29 heavy (non-hydrogen) atoms. The number of hydrogen-bond acceptors (Lipinski definition) is 3. The van der Waals surface area contributed by atoms with Gasteiger partial charge in [-0.15, -0.1) is 0 Å². The summed E-state index contributed by atoms with van der Waals surface area (Å²) >= 11 is 0. The van der Waals surface area contributed by atoms with Crippen LogP contribution in [0.15, 0.2) is 42.5 Å². The van der Waals surface area contributed by atoms with Crippen molar-refractivity contribution in [3.8, 4) is 0 Å². The molecule has 0 radical (unpaired) electrons. The summed E-state index contributed by atoms with van der Waals surface area (Å²) < 4.78 is 0. The van der Waals surface area contributed by atoms with Crippen LogP contribution in [0.4, 0.5) is 5.69 Å². The Morgan fingerprint density at radius 2 is 1.72 bits per heavy atom. The first-order valence-corrected chi connectivity index (χ1v) is 10.1. The summed E-state index contributed by atoms with van der Waals surface area (Å²) in [6.07, 6.45) is 0.509. The second-order valence-electron chi connectivity index (χ2n) is 9.09. The van der Waals surface area contributed by atoms with Crippen molar-refractivity contribution in [2.24, 2.45) is 5.73 Å². The third-order valence-electron chi connectivity index (χ3n) is 5.22. The van der Waals surface area contributed by atoms with Crippen LogP contribution in [0.5, 0.6) is 0 Å². The van der Waals surface area contributed by atoms with Crippen LogP contribution in [-0.4, -0.2) is 29.9 Å². The Morgan fingerprint density at radius 3 is 2.34 bits per heavy atom. The van der Waals surface area contributed by atoms with E-state index in [2.05, 4.69) is 48.6 Å². The maximum Gasteiger partial charge on any atom is 0.244 e. The molecule has 2 amide bonds. The Morgan fingerprint density at radius 1 is 1.10 bits per heavy atom. The standard InChI is InChI=1S/C24H31N3O2/c1-15-6-9-17(10-7-15)19-13-20(25)23(29)27(14-22(28)26-24(3,4)5)21-12-16(2)8-11-18(19)21/h6-12,19-20H,13-14,25H2,1-5H3,(H,26,28). The first kappa shape index (κ1) is 21.1. The lowest BCUT2D eigenvalue weighted by Gasteiger charge is -2.27. The Labute approximate surface area is 173 Å². The Kier molecular flexibility index (Phi) is 5.80. The lowest BCUT2D eigenvalue weighted by atomic mass is 9.85. The fourth-order valence-electron chi connectivity index (χ4n) is 3.86. The van der Waals surface area contributed by atoms with Crippen molar-refractivity contribution >= 4 is 17.5 Å². The van der Waals surface area contributed by atoms with E-state index in [0.29, 0.717) is 6.42 Å². The van der Waals surface area contributed by atoms with Gasteiger partial charge < -0.3 is 16.0 Å². The highest BCUT2D eigenvalue weighted by Crippen LogP contribution is 2.39. The number of amides is 2. The van der Waals surface area contributed by atoms with Gasteiger partial charge in [0, 0.05) is 17.1 Å². The minimum Gasteiger partial charge on any atom is -0.350 e. The van der Waals surface area contributed by atoms with Crippen molar-refractivity contribution in [3.05, 3.63) is 64.7 Å². The quantitative estimate of drug-likeness (QED) is 0.839. The van der Waals surface area contributed by atoms with Gasteiger partial charge in [-0.05, 0) is 63.8 Å². The molecule has 0 saturated carbocycles. The van der Waals surface area contributed by atoms with Gasteiger partial charge in [0.2, 0.25) is 11.8 Å². The number of nitrogens with two attached hydrogens (primary N) is 1. The number of carbonyl (C=O) groups excluding carboxylic acids is 2. The van der Waals surface area contributed by atoms with E-state index in [9.17, 15) is 9.59 Å². The minimum atomic E-state index is -0.670. The number of nitrogens with one attached hydrogen (secondary N) is 1. The Balaban J connectivity index is 2.05. The van der Waals surface area contributed by atoms with Gasteiger partial charge in [-0.2, -0.15) is 0 Å². The minimum absolute atomic E-state index is 0.000766. The average molecular weight is 394 g/mol. The van der Waals surface area contributed by atoms with Gasteiger partial charge in [-0.3, -0.25) is 9.59 Å². The van der Waals surface area contributed by atoms with E-state index in [-0.39, 0.29) is 29.8 Å². The molecule has 0 bridgehead atoms. The average Bonchev–Trinajstić information content (AvgIpc) is 2.71. The number of hydrogen-bond donors (Lipinski definition) is 2. The molecule has 0 aliphatic carbocycles. The molecule has 2 unspecified atom stereocenters. The van der Waals surface area contributed by atoms with Gasteiger partial charge in [-0.1, -0.05) is 42.0 Å². The number of aryl methyl sites for hydroxylation is 2. The van der Waals surface area contributed by atoms with Crippen LogP contribution in [-0.2, 0) is 9.59 Å². The molecule has 0 saturated heterocycles. The predicted molar refractivity (Wildman–Crippen MR) is 117 cm³/mol. The predicted octanol–water partition coefficient (Wildman–Crippen LogP) is 3.41. The van der Waals surface area contributed by atoms with E-state index in [1.807, 2.05) is 33.8 Å². The molecule has 1 heterocycles. The molecule has 0 fully saturated rings. The molecule has 154 valence electrons. The fraction of sp³-hybridized carbons (Fsp3) is 0.417. The third-order valence-corrected chi connectivity index (χ3v) is 5.22. The molecule has 3 rings (SSSR count). The van der Waals surface area contributed by atoms with Gasteiger partial charge in [0.15, 0.2) is 0 Å². The number of benzene rings is 2. The second kappa shape index (κ2) is 7.99. The highest BCUT2D eigenvalue weighted by molar-refractivity contribution is 6.03. The van der Waals surface area contributed by atoms with Gasteiger partial charge in [0.05, 0.1) is 6.04 Å². The van der Waals surface area contributed by atoms with E-state index < -0.39 is 6.04 Å². The van der Waals surface area contributed by atoms with Crippen molar-refractivity contribution in [2.75, 3.05) is 11.4 Å². The number of carbonyl (C=O) groups is 2. The van der Waals surface area contributed by atoms with E-state index >= 15 is 0 Å². The zero-order valence-corrected chi connectivity index (χ0v) is 18.0. The molecule has 5 heteroatoms. The van der Waals surface area contributed by atoms with Crippen molar-refractivity contribution < 1.29 is 9.59 Å². The molecular weight excluding hydrogens is 362 g/mol. The van der Waals surface area contributed by atoms with Crippen LogP contribution in [0, 0.1) is 13.8 Å². The van der Waals surface area contributed by atoms with Gasteiger partial charge in [-0.25, -0.2) is 0 Å². The molecule has 0 aromatic heterocycles. The smallest absolute Gasteiger partial charge is 0.244 e. The number of nitrogens with zero attached hydrogens (tertiary/aromatic N) is 1. The van der Waals surface area contributed by atoms with E-state index in [4.69, 9.17) is 5.73 Å². The molecule has 2 atom stereocenters. The number of anilines is 1. The second-order valence-corrected chi connectivity index (χ2v) is 9.09. The Hall–Kier alpha value is -2.66. The monoisotopic (exact) mass is 393 g/mol. The molecule has 3 N–H and O–H groups in total. The zero-order valence-electron chi connectivity index (χ0n) is 18.0. The highest BCUT2D eigenvalue weighted by atomic mass is 16.2. The summed E-state index contributed by atoms with van der Waals surface area (Å²) in [5, 5.41) is 2.94. The van der Waals surface area contributed by atoms with Crippen molar-refractivity contribution in [2.45, 2.75) is 58.5 Å². The third kappa shape index (κ3) is 4.85. The van der Waals surface area contributed by atoms with Crippen molar-refractivity contribution in [3.63, 3.8) is 0 Å². The summed E-state index contributed by atoms with van der Waals surface area (Å²) in [6.45, 7) is 9.77. The van der Waals surface area contributed by atoms with Crippen LogP contribution in [0.2, 0.25) is 0 Å². The van der Waals surface area contributed by atoms with Crippen LogP contribution < -0.4 is 16.0 Å². The van der Waals surface area contributed by atoms with Crippen molar-refractivity contribution in [1.82, 2.24) is 5.32 Å². The van der Waals surface area contributed by atoms with Gasteiger partial charge in [0.25, 0.3) is 0 Å². The largest absolute Gasteiger partial charge is 0.350 e.